The summed E-state index contributed by atoms with van der Waals surface area (Å²) in [6.45, 7) is 0. The number of halogens is 1. The Morgan fingerprint density at radius 2 is 1.82 bits per heavy atom. The van der Waals surface area contributed by atoms with E-state index in [0.717, 1.165) is 30.7 Å². The zero-order valence-corrected chi connectivity index (χ0v) is 9.07. The molecule has 1 aliphatic rings. The zero-order chi connectivity index (χ0) is 8.53. The summed E-state index contributed by atoms with van der Waals surface area (Å²) in [5.74, 6) is 0. The molecule has 0 unspecified atom stereocenters. The van der Waals surface area contributed by atoms with E-state index < -0.39 is 0 Å². The molecule has 0 heterocycles. The normalized spacial score (nSPS) is 17.3. The van der Waals surface area contributed by atoms with Gasteiger partial charge in [0.25, 0.3) is 0 Å². The van der Waals surface area contributed by atoms with E-state index in [1.54, 1.807) is 0 Å². The molecule has 0 radical (unpaired) electrons. The third-order valence-electron chi connectivity index (χ3n) is 1.42. The number of hydrogen-bond donors (Lipinski definition) is 0. The van der Waals surface area contributed by atoms with Crippen molar-refractivity contribution in [1.82, 2.24) is 0 Å². The molecule has 0 aliphatic heterocycles. The van der Waals surface area contributed by atoms with Gasteiger partial charge >= 0.3 is 24.6 Å². The summed E-state index contributed by atoms with van der Waals surface area (Å²) < 4.78 is 0. The minimum atomic E-state index is 1.03. The van der Waals surface area contributed by atoms with Crippen LogP contribution < -0.4 is 0 Å². The molecular formula is C9H14ClPd. The quantitative estimate of drug-likeness (QED) is 0.461. The van der Waals surface area contributed by atoms with E-state index in [1.165, 1.54) is 0 Å². The van der Waals surface area contributed by atoms with Crippen LogP contribution in [0, 0.1) is 0 Å². The first kappa shape index (κ1) is 11.4. The van der Waals surface area contributed by atoms with Gasteiger partial charge in [-0.15, -0.1) is 0 Å². The Morgan fingerprint density at radius 1 is 1.18 bits per heavy atom. The van der Waals surface area contributed by atoms with Crippen LogP contribution in [0.2, 0.25) is 5.40 Å². The Balaban J connectivity index is 0.000000461. The second-order valence-corrected chi connectivity index (χ2v) is 2.72. The standard InChI is InChI=1S/C8H11Cl.CH3.Pd/c9-8-6-4-2-1-3-5-7-8;;/h1-2,7H,3-6H2;1H3;. The summed E-state index contributed by atoms with van der Waals surface area (Å²) in [5.41, 5.74) is 0. The van der Waals surface area contributed by atoms with Crippen molar-refractivity contribution in [3.63, 3.8) is 0 Å². The topological polar surface area (TPSA) is 0 Å². The molecule has 0 spiro atoms. The van der Waals surface area contributed by atoms with Gasteiger partial charge in [0.2, 0.25) is 0 Å². The summed E-state index contributed by atoms with van der Waals surface area (Å²) in [6, 6.07) is 0. The van der Waals surface area contributed by atoms with Crippen molar-refractivity contribution in [2.45, 2.75) is 31.1 Å². The van der Waals surface area contributed by atoms with Crippen molar-refractivity contribution in [3.05, 3.63) is 23.3 Å². The van der Waals surface area contributed by atoms with Crippen LogP contribution >= 0.6 is 11.6 Å². The van der Waals surface area contributed by atoms with Gasteiger partial charge in [-0.25, -0.2) is 0 Å². The molecule has 0 N–H and O–H groups in total. The van der Waals surface area contributed by atoms with E-state index in [9.17, 15) is 0 Å². The maximum atomic E-state index is 5.82. The van der Waals surface area contributed by atoms with Crippen LogP contribution in [0.3, 0.4) is 0 Å². The molecule has 0 fully saturated rings. The van der Waals surface area contributed by atoms with Crippen molar-refractivity contribution in [1.29, 1.82) is 0 Å². The van der Waals surface area contributed by atoms with Gasteiger partial charge in [0, 0.05) is 5.03 Å². The van der Waals surface area contributed by atoms with Crippen molar-refractivity contribution in [3.8, 4) is 0 Å². The molecule has 0 amide bonds. The molecule has 1 rings (SSSR count). The van der Waals surface area contributed by atoms with Crippen LogP contribution in [0.4, 0.5) is 0 Å². The molecule has 2 heteroatoms. The predicted molar refractivity (Wildman–Crippen MR) is 47.4 cm³/mol. The third-order valence-corrected chi connectivity index (χ3v) is 1.76. The van der Waals surface area contributed by atoms with Crippen LogP contribution in [0.1, 0.15) is 25.7 Å². The number of rotatable bonds is 0. The van der Waals surface area contributed by atoms with Crippen molar-refractivity contribution in [2.24, 2.45) is 0 Å². The fraction of sp³-hybridized carbons (Fsp3) is 0.556. The van der Waals surface area contributed by atoms with E-state index in [0.29, 0.717) is 0 Å². The second kappa shape index (κ2) is 8.53. The van der Waals surface area contributed by atoms with Gasteiger partial charge < -0.3 is 0 Å². The Kier molecular flexibility index (Phi) is 8.86. The molecular weight excluding hydrogens is 250 g/mol. The zero-order valence-electron chi connectivity index (χ0n) is 6.75. The Bertz CT molecular complexity index is 138. The summed E-state index contributed by atoms with van der Waals surface area (Å²) in [5, 5.41) is 2.88. The van der Waals surface area contributed by atoms with Gasteiger partial charge in [0.1, 0.15) is 0 Å². The molecule has 0 aromatic carbocycles. The molecule has 0 aromatic rings. The van der Waals surface area contributed by atoms with Crippen molar-refractivity contribution in [2.75, 3.05) is 0 Å². The first-order valence-corrected chi connectivity index (χ1v) is 5.64. The van der Waals surface area contributed by atoms with E-state index in [2.05, 4.69) is 37.4 Å². The molecule has 0 aromatic heterocycles. The molecule has 0 saturated carbocycles. The van der Waals surface area contributed by atoms with Crippen molar-refractivity contribution >= 4 is 11.6 Å². The fourth-order valence-corrected chi connectivity index (χ4v) is 1.11. The van der Waals surface area contributed by atoms with Crippen LogP contribution in [-0.2, 0) is 19.2 Å². The second-order valence-electron chi connectivity index (χ2n) is 2.24. The average molecular weight is 264 g/mol. The summed E-state index contributed by atoms with van der Waals surface area (Å²) in [7, 11) is 0. The summed E-state index contributed by atoms with van der Waals surface area (Å²) >= 11 is 8.57. The SMILES string of the molecule is ClC1=CCCC=CCC1.[CH3][Pd]. The summed E-state index contributed by atoms with van der Waals surface area (Å²) in [4.78, 5) is 0. The Hall–Kier alpha value is 0.432. The minimum absolute atomic E-state index is 1.03. The van der Waals surface area contributed by atoms with Gasteiger partial charge in [-0.05, 0) is 25.7 Å². The molecule has 11 heavy (non-hydrogen) atoms. The van der Waals surface area contributed by atoms with Crippen LogP contribution in [0.5, 0.6) is 0 Å². The monoisotopic (exact) mass is 263 g/mol. The molecule has 0 atom stereocenters. The van der Waals surface area contributed by atoms with E-state index >= 15 is 0 Å². The van der Waals surface area contributed by atoms with Gasteiger partial charge in [-0.1, -0.05) is 29.8 Å². The van der Waals surface area contributed by atoms with E-state index in [-0.39, 0.29) is 0 Å². The van der Waals surface area contributed by atoms with Gasteiger partial charge in [0.15, 0.2) is 0 Å². The Morgan fingerprint density at radius 3 is 2.55 bits per heavy atom. The molecule has 1 aliphatic carbocycles. The first-order valence-electron chi connectivity index (χ1n) is 3.71. The number of allylic oxidation sites excluding steroid dienone is 4. The van der Waals surface area contributed by atoms with Gasteiger partial charge in [-0.2, -0.15) is 0 Å². The van der Waals surface area contributed by atoms with E-state index in [4.69, 9.17) is 11.6 Å². The van der Waals surface area contributed by atoms with Crippen LogP contribution in [0.25, 0.3) is 0 Å². The molecule has 67 valence electrons. The van der Waals surface area contributed by atoms with E-state index in [1.807, 2.05) is 5.40 Å². The fourth-order valence-electron chi connectivity index (χ4n) is 0.895. The summed E-state index contributed by atoms with van der Waals surface area (Å²) in [6.07, 6.45) is 10.9. The predicted octanol–water partition coefficient (Wildman–Crippen LogP) is 3.82. The number of hydrogen-bond acceptors (Lipinski definition) is 0. The molecule has 0 bridgehead atoms. The van der Waals surface area contributed by atoms with Gasteiger partial charge in [0.05, 0.1) is 0 Å². The third kappa shape index (κ3) is 6.82. The van der Waals surface area contributed by atoms with Crippen molar-refractivity contribution < 1.29 is 19.2 Å². The first-order chi connectivity index (χ1) is 5.39. The molecule has 0 nitrogen and oxygen atoms in total. The van der Waals surface area contributed by atoms with Crippen LogP contribution in [-0.4, -0.2) is 0 Å². The Labute approximate surface area is 85.1 Å². The molecule has 0 saturated heterocycles. The van der Waals surface area contributed by atoms with Crippen LogP contribution in [0.15, 0.2) is 23.3 Å². The van der Waals surface area contributed by atoms with Gasteiger partial charge in [-0.3, -0.25) is 0 Å². The average Bonchev–Trinajstić information content (AvgIpc) is 2.01. The maximum absolute atomic E-state index is 5.82.